The van der Waals surface area contributed by atoms with Crippen molar-refractivity contribution in [2.45, 2.75) is 32.7 Å². The van der Waals surface area contributed by atoms with Gasteiger partial charge in [-0.3, -0.25) is 0 Å². The van der Waals surface area contributed by atoms with Crippen LogP contribution in [0, 0.1) is 5.92 Å². The maximum atomic E-state index is 5.41. The molecule has 84 valence electrons. The monoisotopic (exact) mass is 210 g/mol. The summed E-state index contributed by atoms with van der Waals surface area (Å²) in [6.45, 7) is 4.57. The molecule has 5 heteroatoms. The molecule has 0 radical (unpaired) electrons. The second-order valence-electron chi connectivity index (χ2n) is 3.96. The van der Waals surface area contributed by atoms with Crippen LogP contribution in [0.5, 0.6) is 0 Å². The highest BCUT2D eigenvalue weighted by molar-refractivity contribution is 5.17. The lowest BCUT2D eigenvalue weighted by Crippen LogP contribution is -2.20. The molecule has 1 heterocycles. The van der Waals surface area contributed by atoms with Crippen LogP contribution in [0.15, 0.2) is 4.42 Å². The number of nitrogens with zero attached hydrogens (tertiary/aromatic N) is 2. The second-order valence-corrected chi connectivity index (χ2v) is 3.96. The van der Waals surface area contributed by atoms with Gasteiger partial charge in [0.1, 0.15) is 0 Å². The normalized spacial score (nSPS) is 16.3. The Hall–Kier alpha value is -1.10. The Morgan fingerprint density at radius 3 is 2.93 bits per heavy atom. The fourth-order valence-corrected chi connectivity index (χ4v) is 1.56. The van der Waals surface area contributed by atoms with Crippen molar-refractivity contribution in [3.63, 3.8) is 0 Å². The summed E-state index contributed by atoms with van der Waals surface area (Å²) in [7, 11) is 0. The van der Waals surface area contributed by atoms with Gasteiger partial charge in [0, 0.05) is 6.54 Å². The molecular formula is C10H18N4O. The van der Waals surface area contributed by atoms with E-state index in [0.29, 0.717) is 18.5 Å². The predicted octanol–water partition coefficient (Wildman–Crippen LogP) is 1.39. The van der Waals surface area contributed by atoms with Crippen LogP contribution in [0.4, 0.5) is 6.01 Å². The first-order valence-electron chi connectivity index (χ1n) is 5.65. The third-order valence-corrected chi connectivity index (χ3v) is 2.76. The Bertz CT molecular complexity index is 295. The average Bonchev–Trinajstić information content (AvgIpc) is 2.60. The average molecular weight is 210 g/mol. The van der Waals surface area contributed by atoms with Crippen LogP contribution in [-0.4, -0.2) is 23.3 Å². The van der Waals surface area contributed by atoms with Gasteiger partial charge in [0.05, 0.1) is 6.54 Å². The molecule has 0 saturated heterocycles. The van der Waals surface area contributed by atoms with E-state index in [4.69, 9.17) is 4.42 Å². The molecule has 1 aliphatic carbocycles. The van der Waals surface area contributed by atoms with Gasteiger partial charge in [0.2, 0.25) is 5.89 Å². The maximum Gasteiger partial charge on any atom is 0.315 e. The highest BCUT2D eigenvalue weighted by Crippen LogP contribution is 2.26. The van der Waals surface area contributed by atoms with Crippen LogP contribution < -0.4 is 10.6 Å². The van der Waals surface area contributed by atoms with Gasteiger partial charge in [-0.15, -0.1) is 5.10 Å². The third kappa shape index (κ3) is 2.92. The van der Waals surface area contributed by atoms with E-state index in [9.17, 15) is 0 Å². The fourth-order valence-electron chi connectivity index (χ4n) is 1.56. The summed E-state index contributed by atoms with van der Waals surface area (Å²) in [4.78, 5) is 0. The Kier molecular flexibility index (Phi) is 3.55. The summed E-state index contributed by atoms with van der Waals surface area (Å²) in [5.74, 6) is 1.45. The van der Waals surface area contributed by atoms with Crippen LogP contribution in [0.3, 0.4) is 0 Å². The molecule has 1 fully saturated rings. The van der Waals surface area contributed by atoms with Crippen molar-refractivity contribution in [1.82, 2.24) is 15.5 Å². The third-order valence-electron chi connectivity index (χ3n) is 2.76. The first kappa shape index (κ1) is 10.4. The van der Waals surface area contributed by atoms with E-state index < -0.39 is 0 Å². The predicted molar refractivity (Wildman–Crippen MR) is 57.5 cm³/mol. The second kappa shape index (κ2) is 5.11. The van der Waals surface area contributed by atoms with Gasteiger partial charge >= 0.3 is 6.01 Å². The van der Waals surface area contributed by atoms with E-state index in [1.807, 2.05) is 6.92 Å². The van der Waals surface area contributed by atoms with E-state index in [-0.39, 0.29) is 0 Å². The van der Waals surface area contributed by atoms with Crippen LogP contribution in [0.1, 0.15) is 32.1 Å². The molecule has 15 heavy (non-hydrogen) atoms. The van der Waals surface area contributed by atoms with E-state index in [2.05, 4.69) is 20.8 Å². The van der Waals surface area contributed by atoms with Crippen LogP contribution in [0.2, 0.25) is 0 Å². The summed E-state index contributed by atoms with van der Waals surface area (Å²) in [5.41, 5.74) is 0. The van der Waals surface area contributed by atoms with Gasteiger partial charge in [-0.25, -0.2) is 0 Å². The first-order valence-corrected chi connectivity index (χ1v) is 5.65. The Morgan fingerprint density at radius 2 is 2.27 bits per heavy atom. The number of hydrogen-bond donors (Lipinski definition) is 2. The molecule has 0 amide bonds. The Labute approximate surface area is 89.6 Å². The van der Waals surface area contributed by atoms with Crippen molar-refractivity contribution in [3.8, 4) is 0 Å². The van der Waals surface area contributed by atoms with E-state index >= 15 is 0 Å². The van der Waals surface area contributed by atoms with E-state index in [1.165, 1.54) is 19.3 Å². The Morgan fingerprint density at radius 1 is 1.40 bits per heavy atom. The quantitative estimate of drug-likeness (QED) is 0.743. The van der Waals surface area contributed by atoms with Gasteiger partial charge in [0.25, 0.3) is 0 Å². The van der Waals surface area contributed by atoms with Crippen molar-refractivity contribution in [1.29, 1.82) is 0 Å². The lowest BCUT2D eigenvalue weighted by molar-refractivity contribution is 0.330. The van der Waals surface area contributed by atoms with E-state index in [0.717, 1.165) is 19.0 Å². The number of anilines is 1. The van der Waals surface area contributed by atoms with Crippen molar-refractivity contribution >= 4 is 6.01 Å². The van der Waals surface area contributed by atoms with Gasteiger partial charge in [0.15, 0.2) is 0 Å². The Balaban J connectivity index is 1.73. The summed E-state index contributed by atoms with van der Waals surface area (Å²) in [6.07, 6.45) is 4.01. The molecule has 0 unspecified atom stereocenters. The van der Waals surface area contributed by atoms with Crippen LogP contribution in [-0.2, 0) is 6.54 Å². The van der Waals surface area contributed by atoms with Crippen molar-refractivity contribution in [2.75, 3.05) is 18.4 Å². The van der Waals surface area contributed by atoms with Crippen molar-refractivity contribution < 1.29 is 4.42 Å². The number of hydrogen-bond acceptors (Lipinski definition) is 5. The smallest absolute Gasteiger partial charge is 0.315 e. The molecule has 1 aliphatic rings. The minimum Gasteiger partial charge on any atom is -0.407 e. The van der Waals surface area contributed by atoms with Crippen LogP contribution >= 0.6 is 0 Å². The number of nitrogens with one attached hydrogen (secondary N) is 2. The van der Waals surface area contributed by atoms with Gasteiger partial charge in [-0.05, 0) is 25.3 Å². The molecule has 0 aliphatic heterocycles. The highest BCUT2D eigenvalue weighted by Gasteiger charge is 2.17. The van der Waals surface area contributed by atoms with Crippen molar-refractivity contribution in [3.05, 3.63) is 5.89 Å². The number of aromatic nitrogens is 2. The highest BCUT2D eigenvalue weighted by atomic mass is 16.4. The zero-order valence-corrected chi connectivity index (χ0v) is 9.12. The standard InChI is InChI=1S/C10H18N4O/c1-2-11-7-9-13-14-10(15-9)12-6-8-4-3-5-8/h8,11H,2-7H2,1H3,(H,12,14). The molecular weight excluding hydrogens is 192 g/mol. The molecule has 1 aromatic rings. The summed E-state index contributed by atoms with van der Waals surface area (Å²) < 4.78 is 5.41. The minimum atomic E-state index is 0.551. The zero-order chi connectivity index (χ0) is 10.5. The van der Waals surface area contributed by atoms with Crippen LogP contribution in [0.25, 0.3) is 0 Å². The summed E-state index contributed by atoms with van der Waals surface area (Å²) in [5, 5.41) is 14.2. The minimum absolute atomic E-state index is 0.551. The SMILES string of the molecule is CCNCc1nnc(NCC2CCC2)o1. The maximum absolute atomic E-state index is 5.41. The first-order chi connectivity index (χ1) is 7.38. The molecule has 2 N–H and O–H groups in total. The summed E-state index contributed by atoms with van der Waals surface area (Å²) in [6, 6.07) is 0.551. The molecule has 0 bridgehead atoms. The van der Waals surface area contributed by atoms with Gasteiger partial charge < -0.3 is 15.1 Å². The van der Waals surface area contributed by atoms with E-state index in [1.54, 1.807) is 0 Å². The molecule has 2 rings (SSSR count). The number of rotatable bonds is 6. The molecule has 5 nitrogen and oxygen atoms in total. The topological polar surface area (TPSA) is 63.0 Å². The lowest BCUT2D eigenvalue weighted by atomic mass is 9.85. The zero-order valence-electron chi connectivity index (χ0n) is 9.12. The molecule has 0 atom stereocenters. The lowest BCUT2D eigenvalue weighted by Gasteiger charge is -2.24. The van der Waals surface area contributed by atoms with Gasteiger partial charge in [-0.1, -0.05) is 18.4 Å². The summed E-state index contributed by atoms with van der Waals surface area (Å²) >= 11 is 0. The molecule has 1 saturated carbocycles. The van der Waals surface area contributed by atoms with Gasteiger partial charge in [-0.2, -0.15) is 0 Å². The fraction of sp³-hybridized carbons (Fsp3) is 0.800. The molecule has 0 aromatic carbocycles. The van der Waals surface area contributed by atoms with Crippen molar-refractivity contribution in [2.24, 2.45) is 5.92 Å². The largest absolute Gasteiger partial charge is 0.407 e. The molecule has 1 aromatic heterocycles. The molecule has 0 spiro atoms.